The summed E-state index contributed by atoms with van der Waals surface area (Å²) < 4.78 is 26.5. The predicted molar refractivity (Wildman–Crippen MR) is 51.2 cm³/mol. The van der Waals surface area contributed by atoms with E-state index in [2.05, 4.69) is 0 Å². The topological polar surface area (TPSA) is 57.5 Å². The maximum Gasteiger partial charge on any atom is 0.304 e. The fraction of sp³-hybridized carbons (Fsp3) is 0.364. The minimum Gasteiger partial charge on any atom is -0.508 e. The molecular weight excluding hydrogens is 218 g/mol. The van der Waals surface area contributed by atoms with Gasteiger partial charge in [-0.3, -0.25) is 4.79 Å². The van der Waals surface area contributed by atoms with E-state index in [1.165, 1.54) is 0 Å². The number of carbonyl (C=O) groups is 1. The molecule has 16 heavy (non-hydrogen) atoms. The van der Waals surface area contributed by atoms with Gasteiger partial charge in [-0.2, -0.15) is 0 Å². The molecule has 0 heterocycles. The Labute approximate surface area is 90.3 Å². The van der Waals surface area contributed by atoms with Crippen LogP contribution in [0, 0.1) is 11.6 Å². The summed E-state index contributed by atoms with van der Waals surface area (Å²) in [5, 5.41) is 18.2. The molecule has 1 aromatic carbocycles. The van der Waals surface area contributed by atoms with E-state index in [1.807, 2.05) is 0 Å². The summed E-state index contributed by atoms with van der Waals surface area (Å²) in [6.45, 7) is 0. The summed E-state index contributed by atoms with van der Waals surface area (Å²) in [4.78, 5) is 10.6. The number of hydrogen-bond acceptors (Lipinski definition) is 2. The number of halogens is 2. The second-order valence-corrected chi connectivity index (χ2v) is 4.11. The molecule has 0 bridgehead atoms. The smallest absolute Gasteiger partial charge is 0.304 e. The van der Waals surface area contributed by atoms with Gasteiger partial charge in [-0.05, 0) is 25.0 Å². The van der Waals surface area contributed by atoms with Gasteiger partial charge in [0.2, 0.25) is 0 Å². The van der Waals surface area contributed by atoms with E-state index in [-0.39, 0.29) is 17.7 Å². The molecule has 86 valence electrons. The van der Waals surface area contributed by atoms with Crippen molar-refractivity contribution in [1.29, 1.82) is 0 Å². The summed E-state index contributed by atoms with van der Waals surface area (Å²) in [5.74, 6) is -3.67. The van der Waals surface area contributed by atoms with Crippen LogP contribution in [0.15, 0.2) is 12.1 Å². The van der Waals surface area contributed by atoms with Crippen molar-refractivity contribution in [2.24, 2.45) is 0 Å². The molecule has 1 aliphatic rings. The monoisotopic (exact) mass is 228 g/mol. The molecule has 0 atom stereocenters. The van der Waals surface area contributed by atoms with Crippen molar-refractivity contribution in [2.75, 3.05) is 0 Å². The number of carboxylic acid groups (broad SMARTS) is 1. The molecule has 2 rings (SSSR count). The SMILES string of the molecule is O=C(O)CC1(c2c(O)ccc(F)c2F)CC1. The Hall–Kier alpha value is -1.65. The molecule has 0 aromatic heterocycles. The number of benzene rings is 1. The first-order chi connectivity index (χ1) is 7.46. The van der Waals surface area contributed by atoms with E-state index in [4.69, 9.17) is 5.11 Å². The van der Waals surface area contributed by atoms with Crippen molar-refractivity contribution < 1.29 is 23.8 Å². The molecule has 5 heteroatoms. The van der Waals surface area contributed by atoms with Crippen LogP contribution in [0.3, 0.4) is 0 Å². The van der Waals surface area contributed by atoms with Crippen LogP contribution in [0.5, 0.6) is 5.75 Å². The highest BCUT2D eigenvalue weighted by Gasteiger charge is 2.49. The lowest BCUT2D eigenvalue weighted by Gasteiger charge is -2.15. The van der Waals surface area contributed by atoms with Gasteiger partial charge in [0.05, 0.1) is 6.42 Å². The normalized spacial score (nSPS) is 17.1. The average molecular weight is 228 g/mol. The van der Waals surface area contributed by atoms with Gasteiger partial charge in [-0.1, -0.05) is 0 Å². The Morgan fingerprint density at radius 2 is 2.00 bits per heavy atom. The standard InChI is InChI=1S/C11H10F2O3/c12-6-1-2-7(14)9(10(6)13)11(3-4-11)5-8(15)16/h1-2,14H,3-5H2,(H,15,16). The third kappa shape index (κ3) is 1.62. The Bertz CT molecular complexity index is 453. The molecule has 0 amide bonds. The van der Waals surface area contributed by atoms with Crippen LogP contribution < -0.4 is 0 Å². The second kappa shape index (κ2) is 3.43. The van der Waals surface area contributed by atoms with Gasteiger partial charge < -0.3 is 10.2 Å². The molecule has 0 unspecified atom stereocenters. The number of phenols is 1. The van der Waals surface area contributed by atoms with E-state index in [1.54, 1.807) is 0 Å². The zero-order valence-corrected chi connectivity index (χ0v) is 8.33. The first-order valence-electron chi connectivity index (χ1n) is 4.85. The fourth-order valence-corrected chi connectivity index (χ4v) is 2.00. The van der Waals surface area contributed by atoms with Gasteiger partial charge in [-0.15, -0.1) is 0 Å². The van der Waals surface area contributed by atoms with Crippen molar-refractivity contribution in [1.82, 2.24) is 0 Å². The number of rotatable bonds is 3. The van der Waals surface area contributed by atoms with E-state index >= 15 is 0 Å². The number of phenolic OH excluding ortho intramolecular Hbond substituents is 1. The van der Waals surface area contributed by atoms with Crippen LogP contribution in [0.1, 0.15) is 24.8 Å². The molecule has 1 fully saturated rings. The van der Waals surface area contributed by atoms with Gasteiger partial charge >= 0.3 is 5.97 Å². The summed E-state index contributed by atoms with van der Waals surface area (Å²) in [5.41, 5.74) is -1.13. The summed E-state index contributed by atoms with van der Waals surface area (Å²) in [7, 11) is 0. The molecule has 0 aliphatic heterocycles. The molecule has 2 N–H and O–H groups in total. The molecule has 1 aromatic rings. The number of aliphatic carboxylic acids is 1. The van der Waals surface area contributed by atoms with Gasteiger partial charge in [0.15, 0.2) is 11.6 Å². The van der Waals surface area contributed by atoms with Crippen molar-refractivity contribution in [2.45, 2.75) is 24.7 Å². The maximum atomic E-state index is 13.5. The molecule has 0 spiro atoms. The van der Waals surface area contributed by atoms with Crippen LogP contribution in [-0.2, 0) is 10.2 Å². The number of hydrogen-bond donors (Lipinski definition) is 2. The van der Waals surface area contributed by atoms with Crippen molar-refractivity contribution in [3.05, 3.63) is 29.3 Å². The third-order valence-electron chi connectivity index (χ3n) is 2.95. The van der Waals surface area contributed by atoms with Gasteiger partial charge in [0, 0.05) is 11.0 Å². The van der Waals surface area contributed by atoms with E-state index < -0.39 is 23.0 Å². The molecule has 0 saturated heterocycles. The number of carboxylic acids is 1. The minimum absolute atomic E-state index is 0.199. The molecule has 0 radical (unpaired) electrons. The Kier molecular flexibility index (Phi) is 2.33. The highest BCUT2D eigenvalue weighted by molar-refractivity contribution is 5.70. The first-order valence-corrected chi connectivity index (χ1v) is 4.85. The average Bonchev–Trinajstić information content (AvgIpc) is 2.92. The van der Waals surface area contributed by atoms with Gasteiger partial charge in [0.1, 0.15) is 5.75 Å². The van der Waals surface area contributed by atoms with Crippen molar-refractivity contribution in [3.8, 4) is 5.75 Å². The summed E-state index contributed by atoms with van der Waals surface area (Å²) in [6.07, 6.45) is 0.612. The van der Waals surface area contributed by atoms with E-state index in [0.717, 1.165) is 12.1 Å². The van der Waals surface area contributed by atoms with Crippen LogP contribution in [0.25, 0.3) is 0 Å². The Morgan fingerprint density at radius 3 is 2.50 bits per heavy atom. The lowest BCUT2D eigenvalue weighted by atomic mass is 9.91. The highest BCUT2D eigenvalue weighted by atomic mass is 19.2. The van der Waals surface area contributed by atoms with Crippen LogP contribution >= 0.6 is 0 Å². The zero-order chi connectivity index (χ0) is 11.9. The van der Waals surface area contributed by atoms with Crippen molar-refractivity contribution >= 4 is 5.97 Å². The van der Waals surface area contributed by atoms with Crippen LogP contribution in [-0.4, -0.2) is 16.2 Å². The van der Waals surface area contributed by atoms with Gasteiger partial charge in [0.25, 0.3) is 0 Å². The lowest BCUT2D eigenvalue weighted by Crippen LogP contribution is -2.15. The molecule has 1 aliphatic carbocycles. The highest BCUT2D eigenvalue weighted by Crippen LogP contribution is 2.54. The van der Waals surface area contributed by atoms with E-state index in [9.17, 15) is 18.7 Å². The quantitative estimate of drug-likeness (QED) is 0.833. The molecule has 3 nitrogen and oxygen atoms in total. The van der Waals surface area contributed by atoms with Crippen LogP contribution in [0.4, 0.5) is 8.78 Å². The second-order valence-electron chi connectivity index (χ2n) is 4.11. The van der Waals surface area contributed by atoms with E-state index in [0.29, 0.717) is 12.8 Å². The van der Waals surface area contributed by atoms with Gasteiger partial charge in [-0.25, -0.2) is 8.78 Å². The largest absolute Gasteiger partial charge is 0.508 e. The summed E-state index contributed by atoms with van der Waals surface area (Å²) in [6, 6.07) is 1.88. The third-order valence-corrected chi connectivity index (χ3v) is 2.95. The zero-order valence-electron chi connectivity index (χ0n) is 8.33. The number of aromatic hydroxyl groups is 1. The Balaban J connectivity index is 2.48. The fourth-order valence-electron chi connectivity index (χ4n) is 2.00. The maximum absolute atomic E-state index is 13.5. The van der Waals surface area contributed by atoms with Crippen LogP contribution in [0.2, 0.25) is 0 Å². The lowest BCUT2D eigenvalue weighted by molar-refractivity contribution is -0.137. The first kappa shape index (κ1) is 10.9. The Morgan fingerprint density at radius 1 is 1.38 bits per heavy atom. The minimum atomic E-state index is -1.14. The summed E-state index contributed by atoms with van der Waals surface area (Å²) >= 11 is 0. The molecule has 1 saturated carbocycles. The predicted octanol–water partition coefficient (Wildman–Crippen LogP) is 2.18. The van der Waals surface area contributed by atoms with Crippen molar-refractivity contribution in [3.63, 3.8) is 0 Å². The molecular formula is C11H10F2O3.